The maximum absolute atomic E-state index is 3.56. The second-order valence-corrected chi connectivity index (χ2v) is 5.95. The fourth-order valence-electron chi connectivity index (χ4n) is 3.91. The number of hydrogen-bond donors (Lipinski definition) is 1. The molecule has 0 radical (unpaired) electrons. The van der Waals surface area contributed by atoms with Gasteiger partial charge in [0.15, 0.2) is 0 Å². The lowest BCUT2D eigenvalue weighted by Crippen LogP contribution is -2.20. The minimum absolute atomic E-state index is 0.588. The van der Waals surface area contributed by atoms with Crippen molar-refractivity contribution in [2.75, 3.05) is 7.05 Å². The zero-order chi connectivity index (χ0) is 12.0. The lowest BCUT2D eigenvalue weighted by Gasteiger charge is -2.19. The number of hydrogen-bond acceptors (Lipinski definition) is 1. The van der Waals surface area contributed by atoms with Crippen LogP contribution in [0.5, 0.6) is 0 Å². The smallest absolute Gasteiger partial charge is 0.0351 e. The van der Waals surface area contributed by atoms with E-state index >= 15 is 0 Å². The summed E-state index contributed by atoms with van der Waals surface area (Å²) in [6, 6.07) is 7.56. The van der Waals surface area contributed by atoms with Gasteiger partial charge < -0.3 is 5.32 Å². The molecule has 3 rings (SSSR count). The van der Waals surface area contributed by atoms with Gasteiger partial charge in [0.05, 0.1) is 0 Å². The van der Waals surface area contributed by atoms with Crippen molar-refractivity contribution in [1.29, 1.82) is 0 Å². The largest absolute Gasteiger partial charge is 0.313 e. The highest BCUT2D eigenvalue weighted by Crippen LogP contribution is 2.62. The molecular formula is C16H23N. The Balaban J connectivity index is 1.83. The summed E-state index contributed by atoms with van der Waals surface area (Å²) >= 11 is 0. The number of aryl methyl sites for hydroxylation is 2. The van der Waals surface area contributed by atoms with E-state index in [4.69, 9.17) is 0 Å². The maximum Gasteiger partial charge on any atom is 0.0351 e. The van der Waals surface area contributed by atoms with E-state index in [9.17, 15) is 0 Å². The number of benzene rings is 1. The standard InChI is InChI=1S/C16H23N/c1-10-7-8-12(9-11(10)2)16(17-3)15-13-5-4-6-14(13)15/h7-9,13-17H,4-6H2,1-3H3. The van der Waals surface area contributed by atoms with E-state index in [1.54, 1.807) is 0 Å². The second-order valence-electron chi connectivity index (χ2n) is 5.95. The van der Waals surface area contributed by atoms with Crippen LogP contribution < -0.4 is 5.32 Å². The van der Waals surface area contributed by atoms with Crippen LogP contribution in [0.2, 0.25) is 0 Å². The van der Waals surface area contributed by atoms with E-state index < -0.39 is 0 Å². The first-order valence-electron chi connectivity index (χ1n) is 6.97. The molecule has 3 atom stereocenters. The SMILES string of the molecule is CNC(c1ccc(C)c(C)c1)C1C2CCCC21. The molecule has 2 saturated carbocycles. The molecule has 0 bridgehead atoms. The molecule has 1 nitrogen and oxygen atoms in total. The molecular weight excluding hydrogens is 206 g/mol. The highest BCUT2D eigenvalue weighted by molar-refractivity contribution is 5.33. The van der Waals surface area contributed by atoms with Crippen LogP contribution in [0.1, 0.15) is 42.0 Å². The zero-order valence-electron chi connectivity index (χ0n) is 11.2. The van der Waals surface area contributed by atoms with Crippen LogP contribution in [0.25, 0.3) is 0 Å². The monoisotopic (exact) mass is 229 g/mol. The van der Waals surface area contributed by atoms with Crippen molar-refractivity contribution < 1.29 is 0 Å². The molecule has 0 heterocycles. The fourth-order valence-corrected chi connectivity index (χ4v) is 3.91. The van der Waals surface area contributed by atoms with Gasteiger partial charge >= 0.3 is 0 Å². The zero-order valence-corrected chi connectivity index (χ0v) is 11.2. The van der Waals surface area contributed by atoms with E-state index in [0.29, 0.717) is 6.04 Å². The van der Waals surface area contributed by atoms with Crippen LogP contribution in [0.15, 0.2) is 18.2 Å². The van der Waals surface area contributed by atoms with E-state index in [0.717, 1.165) is 17.8 Å². The molecule has 1 aromatic rings. The van der Waals surface area contributed by atoms with Crippen molar-refractivity contribution in [1.82, 2.24) is 5.32 Å². The average Bonchev–Trinajstić information content (AvgIpc) is 2.79. The maximum atomic E-state index is 3.56. The number of fused-ring (bicyclic) bond motifs is 1. The number of nitrogens with one attached hydrogen (secondary N) is 1. The van der Waals surface area contributed by atoms with Crippen molar-refractivity contribution in [3.63, 3.8) is 0 Å². The van der Waals surface area contributed by atoms with Gasteiger partial charge in [0, 0.05) is 6.04 Å². The van der Waals surface area contributed by atoms with Crippen molar-refractivity contribution in [2.24, 2.45) is 17.8 Å². The average molecular weight is 229 g/mol. The van der Waals surface area contributed by atoms with Gasteiger partial charge in [-0.2, -0.15) is 0 Å². The molecule has 2 aliphatic carbocycles. The Bertz CT molecular complexity index is 414. The highest BCUT2D eigenvalue weighted by atomic mass is 14.9. The van der Waals surface area contributed by atoms with Gasteiger partial charge in [0.25, 0.3) is 0 Å². The Morgan fingerprint density at radius 3 is 2.41 bits per heavy atom. The van der Waals surface area contributed by atoms with Crippen molar-refractivity contribution in [3.8, 4) is 0 Å². The summed E-state index contributed by atoms with van der Waals surface area (Å²) in [5.74, 6) is 2.96. The third-order valence-electron chi connectivity index (χ3n) is 5.06. The molecule has 0 aromatic heterocycles. The van der Waals surface area contributed by atoms with Crippen LogP contribution in [0.4, 0.5) is 0 Å². The van der Waals surface area contributed by atoms with Gasteiger partial charge in [-0.15, -0.1) is 0 Å². The third kappa shape index (κ3) is 1.81. The first-order valence-corrected chi connectivity index (χ1v) is 6.97. The topological polar surface area (TPSA) is 12.0 Å². The molecule has 2 fully saturated rings. The van der Waals surface area contributed by atoms with Crippen molar-refractivity contribution in [2.45, 2.75) is 39.2 Å². The first-order chi connectivity index (χ1) is 8.22. The van der Waals surface area contributed by atoms with Crippen LogP contribution in [0.3, 0.4) is 0 Å². The van der Waals surface area contributed by atoms with Gasteiger partial charge in [-0.3, -0.25) is 0 Å². The fraction of sp³-hybridized carbons (Fsp3) is 0.625. The van der Waals surface area contributed by atoms with E-state index in [-0.39, 0.29) is 0 Å². The summed E-state index contributed by atoms with van der Waals surface area (Å²) in [6.45, 7) is 4.42. The lowest BCUT2D eigenvalue weighted by molar-refractivity contribution is 0.444. The van der Waals surface area contributed by atoms with Gasteiger partial charge in [0.2, 0.25) is 0 Å². The highest BCUT2D eigenvalue weighted by Gasteiger charge is 2.55. The Labute approximate surface area is 105 Å². The normalized spacial score (nSPS) is 32.3. The summed E-state index contributed by atoms with van der Waals surface area (Å²) in [7, 11) is 2.12. The van der Waals surface area contributed by atoms with Crippen LogP contribution in [-0.2, 0) is 0 Å². The molecule has 0 aliphatic heterocycles. The number of rotatable bonds is 3. The lowest BCUT2D eigenvalue weighted by atomic mass is 9.94. The van der Waals surface area contributed by atoms with Crippen LogP contribution in [0, 0.1) is 31.6 Å². The summed E-state index contributed by atoms with van der Waals surface area (Å²) in [6.07, 6.45) is 4.41. The van der Waals surface area contributed by atoms with E-state index in [1.165, 1.54) is 36.0 Å². The molecule has 1 aromatic carbocycles. The molecule has 2 aliphatic rings. The molecule has 92 valence electrons. The molecule has 0 spiro atoms. The Kier molecular flexibility index (Phi) is 2.74. The minimum atomic E-state index is 0.588. The van der Waals surface area contributed by atoms with Crippen LogP contribution >= 0.6 is 0 Å². The Morgan fingerprint density at radius 2 is 1.82 bits per heavy atom. The third-order valence-corrected chi connectivity index (χ3v) is 5.06. The van der Waals surface area contributed by atoms with Crippen LogP contribution in [-0.4, -0.2) is 7.05 Å². The molecule has 0 saturated heterocycles. The van der Waals surface area contributed by atoms with Gasteiger partial charge in [-0.1, -0.05) is 24.6 Å². The summed E-state index contributed by atoms with van der Waals surface area (Å²) in [5.41, 5.74) is 4.32. The molecule has 17 heavy (non-hydrogen) atoms. The first kappa shape index (κ1) is 11.3. The van der Waals surface area contributed by atoms with E-state index in [1.807, 2.05) is 0 Å². The summed E-state index contributed by atoms with van der Waals surface area (Å²) in [4.78, 5) is 0. The summed E-state index contributed by atoms with van der Waals surface area (Å²) < 4.78 is 0. The predicted molar refractivity (Wildman–Crippen MR) is 72.0 cm³/mol. The molecule has 3 unspecified atom stereocenters. The molecule has 1 N–H and O–H groups in total. The molecule has 0 amide bonds. The van der Waals surface area contributed by atoms with Gasteiger partial charge in [-0.25, -0.2) is 0 Å². The van der Waals surface area contributed by atoms with Crippen molar-refractivity contribution in [3.05, 3.63) is 34.9 Å². The van der Waals surface area contributed by atoms with Crippen molar-refractivity contribution >= 4 is 0 Å². The minimum Gasteiger partial charge on any atom is -0.313 e. The summed E-state index contributed by atoms with van der Waals surface area (Å²) in [5, 5.41) is 3.56. The Morgan fingerprint density at radius 1 is 1.12 bits per heavy atom. The molecule has 1 heteroatoms. The van der Waals surface area contributed by atoms with Gasteiger partial charge in [-0.05, 0) is 68.2 Å². The quantitative estimate of drug-likeness (QED) is 0.835. The van der Waals surface area contributed by atoms with Gasteiger partial charge in [0.1, 0.15) is 0 Å². The van der Waals surface area contributed by atoms with E-state index in [2.05, 4.69) is 44.4 Å². The predicted octanol–water partition coefficient (Wildman–Crippen LogP) is 3.61. The Hall–Kier alpha value is -0.820. The second kappa shape index (κ2) is 4.13.